The highest BCUT2D eigenvalue weighted by molar-refractivity contribution is 7.99. The highest BCUT2D eigenvalue weighted by Gasteiger charge is 2.35. The molecule has 0 fully saturated rings. The van der Waals surface area contributed by atoms with Crippen LogP contribution < -0.4 is 4.74 Å². The van der Waals surface area contributed by atoms with Crippen molar-refractivity contribution < 1.29 is 13.8 Å². The third-order valence-corrected chi connectivity index (χ3v) is 5.72. The van der Waals surface area contributed by atoms with Crippen molar-refractivity contribution in [2.75, 3.05) is 13.4 Å². The van der Waals surface area contributed by atoms with Gasteiger partial charge in [0.1, 0.15) is 23.5 Å². The van der Waals surface area contributed by atoms with Crippen LogP contribution in [0.1, 0.15) is 19.8 Å². The zero-order chi connectivity index (χ0) is 19.2. The SMILES string of the molecule is C#CC1=C(C2=C(C)CCC=C2)/C(=N/OSc2ccccc2OC)C(SC)O1. The van der Waals surface area contributed by atoms with Gasteiger partial charge in [0.2, 0.25) is 0 Å². The molecule has 1 atom stereocenters. The van der Waals surface area contributed by atoms with Gasteiger partial charge >= 0.3 is 0 Å². The molecule has 0 spiro atoms. The monoisotopic (exact) mass is 399 g/mol. The highest BCUT2D eigenvalue weighted by Crippen LogP contribution is 2.37. The number of benzene rings is 1. The zero-order valence-electron chi connectivity index (χ0n) is 15.5. The number of ether oxygens (including phenoxy) is 2. The van der Waals surface area contributed by atoms with E-state index in [-0.39, 0.29) is 5.44 Å². The lowest BCUT2D eigenvalue weighted by Gasteiger charge is -2.14. The van der Waals surface area contributed by atoms with Crippen LogP contribution in [0.2, 0.25) is 0 Å². The molecular formula is C21H21NO3S2. The number of thioether (sulfide) groups is 1. The van der Waals surface area contributed by atoms with Gasteiger partial charge in [-0.3, -0.25) is 0 Å². The van der Waals surface area contributed by atoms with Crippen molar-refractivity contribution in [3.05, 3.63) is 58.9 Å². The normalized spacial score (nSPS) is 20.7. The Labute approximate surface area is 168 Å². The Morgan fingerprint density at radius 3 is 2.85 bits per heavy atom. The van der Waals surface area contributed by atoms with Gasteiger partial charge in [0.15, 0.2) is 11.2 Å². The van der Waals surface area contributed by atoms with Gasteiger partial charge in [-0.15, -0.1) is 18.2 Å². The summed E-state index contributed by atoms with van der Waals surface area (Å²) >= 11 is 2.68. The molecule has 6 heteroatoms. The van der Waals surface area contributed by atoms with Gasteiger partial charge in [-0.2, -0.15) is 0 Å². The molecule has 1 aromatic carbocycles. The minimum absolute atomic E-state index is 0.292. The predicted molar refractivity (Wildman–Crippen MR) is 113 cm³/mol. The van der Waals surface area contributed by atoms with Crippen molar-refractivity contribution in [2.24, 2.45) is 5.16 Å². The lowest BCUT2D eigenvalue weighted by molar-refractivity contribution is 0.262. The van der Waals surface area contributed by atoms with Crippen LogP contribution in [0.25, 0.3) is 0 Å². The van der Waals surface area contributed by atoms with E-state index in [9.17, 15) is 0 Å². The van der Waals surface area contributed by atoms with Gasteiger partial charge in [-0.05, 0) is 49.6 Å². The number of methoxy groups -OCH3 is 1. The van der Waals surface area contributed by atoms with Crippen LogP contribution in [0.5, 0.6) is 5.75 Å². The number of allylic oxidation sites excluding steroid dienone is 5. The molecule has 3 rings (SSSR count). The maximum atomic E-state index is 5.93. The third kappa shape index (κ3) is 4.20. The maximum absolute atomic E-state index is 5.93. The molecule has 2 aliphatic rings. The van der Waals surface area contributed by atoms with Crippen LogP contribution in [0, 0.1) is 12.3 Å². The quantitative estimate of drug-likeness (QED) is 0.366. The van der Waals surface area contributed by atoms with E-state index in [1.54, 1.807) is 7.11 Å². The van der Waals surface area contributed by atoms with Crippen LogP contribution in [0.4, 0.5) is 0 Å². The van der Waals surface area contributed by atoms with Crippen LogP contribution in [0.15, 0.2) is 68.9 Å². The topological polar surface area (TPSA) is 40.0 Å². The molecule has 27 heavy (non-hydrogen) atoms. The minimum atomic E-state index is -0.292. The first kappa shape index (κ1) is 19.5. The molecule has 140 valence electrons. The van der Waals surface area contributed by atoms with Crippen molar-refractivity contribution >= 4 is 29.5 Å². The minimum Gasteiger partial charge on any atom is -0.495 e. The van der Waals surface area contributed by atoms with E-state index in [1.165, 1.54) is 17.3 Å². The maximum Gasteiger partial charge on any atom is 0.191 e. The molecule has 1 aliphatic carbocycles. The molecule has 1 unspecified atom stereocenters. The van der Waals surface area contributed by atoms with Crippen molar-refractivity contribution in [1.29, 1.82) is 0 Å². The Morgan fingerprint density at radius 1 is 1.33 bits per heavy atom. The molecule has 0 saturated heterocycles. The standard InChI is InChI=1S/C21H21NO3S2/c1-5-16-19(15-11-7-6-10-14(15)2)20(21(24-16)26-4)22-25-27-18-13-9-8-12-17(18)23-3/h1,7-9,11-13,21H,6,10H2,2-4H3/b22-20-. The van der Waals surface area contributed by atoms with Crippen molar-refractivity contribution in [1.82, 2.24) is 0 Å². The summed E-state index contributed by atoms with van der Waals surface area (Å²) in [5, 5.41) is 4.39. The van der Waals surface area contributed by atoms with Gasteiger partial charge in [0.25, 0.3) is 0 Å². The molecule has 0 aromatic heterocycles. The molecule has 0 radical (unpaired) electrons. The lowest BCUT2D eigenvalue weighted by Crippen LogP contribution is -2.16. The summed E-state index contributed by atoms with van der Waals surface area (Å²) in [6, 6.07) is 7.63. The number of terminal acetylenes is 1. The van der Waals surface area contributed by atoms with Gasteiger partial charge < -0.3 is 13.8 Å². The van der Waals surface area contributed by atoms with Gasteiger partial charge in [-0.25, -0.2) is 0 Å². The summed E-state index contributed by atoms with van der Waals surface area (Å²) in [5.74, 6) is 3.92. The van der Waals surface area contributed by atoms with Crippen molar-refractivity contribution in [3.63, 3.8) is 0 Å². The fourth-order valence-corrected chi connectivity index (χ4v) is 4.07. The van der Waals surface area contributed by atoms with E-state index in [4.69, 9.17) is 20.2 Å². The summed E-state index contributed by atoms with van der Waals surface area (Å²) in [6.07, 6.45) is 14.0. The second-order valence-corrected chi connectivity index (χ2v) is 7.61. The number of nitrogens with zero attached hydrogens (tertiary/aromatic N) is 1. The van der Waals surface area contributed by atoms with Gasteiger partial charge in [-0.1, -0.05) is 35.0 Å². The molecule has 1 aromatic rings. The Bertz CT molecular complexity index is 878. The Morgan fingerprint density at radius 2 is 2.15 bits per heavy atom. The number of para-hydroxylation sites is 1. The van der Waals surface area contributed by atoms with Gasteiger partial charge in [0, 0.05) is 0 Å². The third-order valence-electron chi connectivity index (χ3n) is 4.31. The Balaban J connectivity index is 1.90. The summed E-state index contributed by atoms with van der Waals surface area (Å²) in [7, 11) is 1.63. The summed E-state index contributed by atoms with van der Waals surface area (Å²) in [6.45, 7) is 2.12. The van der Waals surface area contributed by atoms with E-state index < -0.39 is 0 Å². The predicted octanol–water partition coefficient (Wildman–Crippen LogP) is 5.35. The highest BCUT2D eigenvalue weighted by atomic mass is 32.2. The number of oxime groups is 1. The molecule has 0 N–H and O–H groups in total. The van der Waals surface area contributed by atoms with Gasteiger partial charge in [0.05, 0.1) is 17.6 Å². The molecule has 0 amide bonds. The second-order valence-electron chi connectivity index (χ2n) is 5.95. The zero-order valence-corrected chi connectivity index (χ0v) is 17.2. The van der Waals surface area contributed by atoms with Crippen LogP contribution >= 0.6 is 23.8 Å². The average molecular weight is 400 g/mol. The average Bonchev–Trinajstić information content (AvgIpc) is 3.06. The molecule has 1 aliphatic heterocycles. The van der Waals surface area contributed by atoms with E-state index in [0.29, 0.717) is 11.5 Å². The largest absolute Gasteiger partial charge is 0.495 e. The molecular weight excluding hydrogens is 378 g/mol. The lowest BCUT2D eigenvalue weighted by atomic mass is 9.91. The summed E-state index contributed by atoms with van der Waals surface area (Å²) in [4.78, 5) is 0.847. The molecule has 1 heterocycles. The smallest absolute Gasteiger partial charge is 0.191 e. The molecule has 0 bridgehead atoms. The van der Waals surface area contributed by atoms with E-state index in [0.717, 1.165) is 46.7 Å². The first-order valence-corrected chi connectivity index (χ1v) is 10.5. The fourth-order valence-electron chi connectivity index (χ4n) is 2.93. The van der Waals surface area contributed by atoms with Crippen LogP contribution in [0.3, 0.4) is 0 Å². The molecule has 0 saturated carbocycles. The van der Waals surface area contributed by atoms with E-state index in [1.807, 2.05) is 30.5 Å². The number of hydrogen-bond acceptors (Lipinski definition) is 6. The van der Waals surface area contributed by atoms with Crippen molar-refractivity contribution in [2.45, 2.75) is 30.1 Å². The molecule has 4 nitrogen and oxygen atoms in total. The van der Waals surface area contributed by atoms with E-state index in [2.05, 4.69) is 30.2 Å². The summed E-state index contributed by atoms with van der Waals surface area (Å²) < 4.78 is 16.9. The summed E-state index contributed by atoms with van der Waals surface area (Å²) in [5.41, 5.74) is 3.62. The first-order chi connectivity index (χ1) is 13.2. The van der Waals surface area contributed by atoms with Crippen LogP contribution in [-0.4, -0.2) is 24.5 Å². The van der Waals surface area contributed by atoms with E-state index >= 15 is 0 Å². The number of hydrogen-bond donors (Lipinski definition) is 0. The number of rotatable bonds is 6. The Kier molecular flexibility index (Phi) is 6.59. The fraction of sp³-hybridized carbons (Fsp3) is 0.286. The Hall–Kier alpha value is -2.23. The van der Waals surface area contributed by atoms with Crippen molar-refractivity contribution in [3.8, 4) is 18.1 Å². The first-order valence-electron chi connectivity index (χ1n) is 8.51. The second kappa shape index (κ2) is 9.12. The van der Waals surface area contributed by atoms with Crippen LogP contribution in [-0.2, 0) is 9.02 Å².